The number of phenols is 1. The largest absolute Gasteiger partial charge is 0.505 e. The first kappa shape index (κ1) is 39.8. The molecule has 4 aromatic carbocycles. The van der Waals surface area contributed by atoms with Crippen LogP contribution in [0.2, 0.25) is 0 Å². The zero-order valence-electron chi connectivity index (χ0n) is 26.5. The molecule has 0 aliphatic heterocycles. The molecule has 0 aliphatic carbocycles. The Labute approximate surface area is 295 Å². The molecule has 0 spiro atoms. The Hall–Kier alpha value is -5.02. The summed E-state index contributed by atoms with van der Waals surface area (Å²) >= 11 is 0. The summed E-state index contributed by atoms with van der Waals surface area (Å²) < 4.78 is 108. The van der Waals surface area contributed by atoms with Crippen LogP contribution in [0.25, 0.3) is 10.8 Å². The summed E-state index contributed by atoms with van der Waals surface area (Å²) in [6.45, 7) is -0.502. The number of azo groups is 2. The van der Waals surface area contributed by atoms with Gasteiger partial charge in [0.05, 0.1) is 23.8 Å². The number of phenolic OH excluding ortho intramolecular Hbond substituents is 1. The molecule has 0 saturated heterocycles. The average molecular weight is 787 g/mol. The number of fused-ring (bicyclic) bond motifs is 1. The van der Waals surface area contributed by atoms with E-state index < -0.39 is 82.0 Å². The van der Waals surface area contributed by atoms with Crippen LogP contribution in [0.15, 0.2) is 83.7 Å². The number of carbonyl (C=O) groups excluding carboxylic acids is 1. The second kappa shape index (κ2) is 15.7. The quantitative estimate of drug-likeness (QED) is 0.0469. The SMILES string of the molecule is CC(=O)Nc1ccc(N=Nc2cc(OCCO)c(N=Nc3c(S(O)(O)O)cc4cc(S(=O)(=O)O)c(N)cc4c3O)cc2OCCO)c(S(=O)(=O)O)c1. The molecule has 1 amide bonds. The van der Waals surface area contributed by atoms with E-state index in [9.17, 15) is 59.7 Å². The monoisotopic (exact) mass is 786 g/mol. The van der Waals surface area contributed by atoms with Crippen LogP contribution in [-0.2, 0) is 25.0 Å². The van der Waals surface area contributed by atoms with E-state index in [0.29, 0.717) is 0 Å². The Morgan fingerprint density at radius 2 is 1.25 bits per heavy atom. The molecule has 0 bridgehead atoms. The van der Waals surface area contributed by atoms with Crippen molar-refractivity contribution >= 4 is 81.9 Å². The number of nitrogen functional groups attached to an aromatic ring is 1. The van der Waals surface area contributed by atoms with E-state index in [1.807, 2.05) is 0 Å². The van der Waals surface area contributed by atoms with Crippen LogP contribution >= 0.6 is 10.9 Å². The Morgan fingerprint density at radius 1 is 0.731 bits per heavy atom. The number of aliphatic hydroxyl groups is 2. The summed E-state index contributed by atoms with van der Waals surface area (Å²) in [5, 5.41) is 47.5. The van der Waals surface area contributed by atoms with Crippen molar-refractivity contribution in [2.24, 2.45) is 20.5 Å². The fraction of sp³-hybridized carbons (Fsp3) is 0.179. The van der Waals surface area contributed by atoms with Gasteiger partial charge in [0.1, 0.15) is 68.1 Å². The molecule has 11 N–H and O–H groups in total. The van der Waals surface area contributed by atoms with Gasteiger partial charge in [-0.05, 0) is 41.8 Å². The van der Waals surface area contributed by atoms with Gasteiger partial charge in [0, 0.05) is 30.1 Å². The second-order valence-corrected chi connectivity index (χ2v) is 14.6. The fourth-order valence-electron chi connectivity index (χ4n) is 4.45. The number of nitrogens with one attached hydrogen (secondary N) is 1. The van der Waals surface area contributed by atoms with Crippen LogP contribution in [0, 0.1) is 0 Å². The first-order valence-corrected chi connectivity index (χ1v) is 18.6. The smallest absolute Gasteiger partial charge is 0.296 e. The van der Waals surface area contributed by atoms with E-state index >= 15 is 0 Å². The second-order valence-electron chi connectivity index (χ2n) is 10.3. The summed E-state index contributed by atoms with van der Waals surface area (Å²) in [6, 6.07) is 8.22. The molecule has 4 aromatic rings. The number of aliphatic hydroxyl groups excluding tert-OH is 2. The number of aromatic hydroxyl groups is 1. The summed E-state index contributed by atoms with van der Waals surface area (Å²) in [4.78, 5) is 9.10. The van der Waals surface area contributed by atoms with Crippen LogP contribution in [0.3, 0.4) is 0 Å². The molecule has 280 valence electrons. The molecule has 0 radical (unpaired) electrons. The summed E-state index contributed by atoms with van der Waals surface area (Å²) in [5.74, 6) is -1.78. The number of anilines is 2. The van der Waals surface area contributed by atoms with Crippen molar-refractivity contribution in [3.05, 3.63) is 48.5 Å². The molecule has 0 heterocycles. The predicted octanol–water partition coefficient (Wildman–Crippen LogP) is 4.73. The van der Waals surface area contributed by atoms with Crippen LogP contribution in [0.5, 0.6) is 17.2 Å². The number of hydrogen-bond acceptors (Lipinski definition) is 18. The maximum Gasteiger partial charge on any atom is 0.296 e. The zero-order valence-corrected chi connectivity index (χ0v) is 28.9. The number of hydrogen-bond donors (Lipinski definition) is 10. The van der Waals surface area contributed by atoms with Gasteiger partial charge in [0.25, 0.3) is 20.2 Å². The standard InChI is InChI=1S/C28H30N6O15S3/c1-14(37)30-16-2-3-19(25(10-16)51(42,43)44)31-32-20-12-23(49-7-5-36)21(13-22(20)48-6-4-35)33-34-27-26(52(45,46)47)9-15-8-24(50(39,40)41)18(29)11-17(15)28(27)38/h2-3,8-13,35-36,38,45-47H,4-7,29H2,1H3,(H,30,37)(H,39,40,41)(H,42,43,44). The Morgan fingerprint density at radius 3 is 1.75 bits per heavy atom. The van der Waals surface area contributed by atoms with Crippen molar-refractivity contribution in [2.75, 3.05) is 37.5 Å². The first-order chi connectivity index (χ1) is 24.2. The molecule has 24 heteroatoms. The van der Waals surface area contributed by atoms with E-state index in [2.05, 4.69) is 25.8 Å². The van der Waals surface area contributed by atoms with Gasteiger partial charge in [-0.1, -0.05) is 0 Å². The number of ether oxygens (including phenoxy) is 2. The molecular formula is C28H30N6O15S3. The maximum atomic E-state index is 12.1. The number of amides is 1. The lowest BCUT2D eigenvalue weighted by atomic mass is 10.1. The van der Waals surface area contributed by atoms with Crippen molar-refractivity contribution in [2.45, 2.75) is 21.6 Å². The van der Waals surface area contributed by atoms with E-state index in [4.69, 9.17) is 15.2 Å². The van der Waals surface area contributed by atoms with Gasteiger partial charge in [-0.3, -0.25) is 13.9 Å². The Balaban J connectivity index is 1.90. The third-order valence-corrected chi connectivity index (χ3v) is 9.27. The number of nitrogens with two attached hydrogens (primary N) is 1. The molecule has 0 aromatic heterocycles. The Kier molecular flexibility index (Phi) is 12.0. The van der Waals surface area contributed by atoms with Crippen LogP contribution < -0.4 is 20.5 Å². The summed E-state index contributed by atoms with van der Waals surface area (Å²) in [7, 11) is -14.4. The van der Waals surface area contributed by atoms with Gasteiger partial charge in [0.2, 0.25) is 5.91 Å². The number of carbonyl (C=O) groups is 1. The summed E-state index contributed by atoms with van der Waals surface area (Å²) in [6.07, 6.45) is 0. The average Bonchev–Trinajstić information content (AvgIpc) is 3.04. The number of benzene rings is 4. The lowest BCUT2D eigenvalue weighted by Crippen LogP contribution is -2.07. The van der Waals surface area contributed by atoms with Gasteiger partial charge in [0.15, 0.2) is 5.75 Å². The number of rotatable bonds is 14. The van der Waals surface area contributed by atoms with Gasteiger partial charge in [-0.15, -0.1) is 20.5 Å². The van der Waals surface area contributed by atoms with Gasteiger partial charge < -0.3 is 49.5 Å². The van der Waals surface area contributed by atoms with Crippen LogP contribution in [0.1, 0.15) is 6.92 Å². The molecule has 0 unspecified atom stereocenters. The third-order valence-electron chi connectivity index (χ3n) is 6.57. The lowest BCUT2D eigenvalue weighted by molar-refractivity contribution is -0.114. The zero-order chi connectivity index (χ0) is 38.6. The highest BCUT2D eigenvalue weighted by molar-refractivity contribution is 8.19. The summed E-state index contributed by atoms with van der Waals surface area (Å²) in [5.41, 5.74) is 3.72. The van der Waals surface area contributed by atoms with E-state index in [1.165, 1.54) is 13.0 Å². The van der Waals surface area contributed by atoms with E-state index in [1.54, 1.807) is 0 Å². The molecule has 21 nitrogen and oxygen atoms in total. The predicted molar refractivity (Wildman–Crippen MR) is 184 cm³/mol. The van der Waals surface area contributed by atoms with Crippen molar-refractivity contribution in [1.82, 2.24) is 0 Å². The normalized spacial score (nSPS) is 12.8. The fourth-order valence-corrected chi connectivity index (χ4v) is 6.42. The van der Waals surface area contributed by atoms with Gasteiger partial charge in [-0.2, -0.15) is 16.8 Å². The highest BCUT2D eigenvalue weighted by Crippen LogP contribution is 2.55. The molecule has 4 rings (SSSR count). The Bertz CT molecular complexity index is 2310. The van der Waals surface area contributed by atoms with Crippen LogP contribution in [-0.4, -0.2) is 87.3 Å². The minimum absolute atomic E-state index is 0.0230. The van der Waals surface area contributed by atoms with Crippen molar-refractivity contribution < 1.29 is 69.2 Å². The molecule has 0 aliphatic rings. The molecule has 52 heavy (non-hydrogen) atoms. The van der Waals surface area contributed by atoms with Gasteiger partial charge >= 0.3 is 0 Å². The van der Waals surface area contributed by atoms with Crippen molar-refractivity contribution in [1.29, 1.82) is 0 Å². The van der Waals surface area contributed by atoms with Crippen LogP contribution in [0.4, 0.5) is 34.1 Å². The van der Waals surface area contributed by atoms with E-state index in [-0.39, 0.29) is 58.2 Å². The highest BCUT2D eigenvalue weighted by Gasteiger charge is 2.27. The van der Waals surface area contributed by atoms with Crippen molar-refractivity contribution in [3.8, 4) is 17.2 Å². The number of nitrogens with zero attached hydrogens (tertiary/aromatic N) is 4. The molecule has 0 saturated carbocycles. The molecular weight excluding hydrogens is 757 g/mol. The minimum atomic E-state index is -4.89. The highest BCUT2D eigenvalue weighted by atomic mass is 32.3. The van der Waals surface area contributed by atoms with Crippen molar-refractivity contribution in [3.63, 3.8) is 0 Å². The van der Waals surface area contributed by atoms with Gasteiger partial charge in [-0.25, -0.2) is 0 Å². The third kappa shape index (κ3) is 9.44. The lowest BCUT2D eigenvalue weighted by Gasteiger charge is -2.22. The van der Waals surface area contributed by atoms with E-state index in [0.717, 1.165) is 42.5 Å². The maximum absolute atomic E-state index is 12.1. The molecule has 0 fully saturated rings. The minimum Gasteiger partial charge on any atom is -0.505 e. The first-order valence-electron chi connectivity index (χ1n) is 14.2. The molecule has 0 atom stereocenters. The topological polar surface area (TPSA) is 353 Å².